The summed E-state index contributed by atoms with van der Waals surface area (Å²) in [5.74, 6) is 1.16. The van der Waals surface area contributed by atoms with Gasteiger partial charge in [0.1, 0.15) is 29.9 Å². The van der Waals surface area contributed by atoms with Crippen LogP contribution in [0.2, 0.25) is 0 Å². The molecule has 0 fully saturated rings. The smallest absolute Gasteiger partial charge is 0.497 e. The molecule has 2 atom stereocenters. The topological polar surface area (TPSA) is 129 Å². The van der Waals surface area contributed by atoms with E-state index in [0.29, 0.717) is 17.2 Å². The lowest BCUT2D eigenvalue weighted by Crippen LogP contribution is -2.47. The second-order valence-electron chi connectivity index (χ2n) is 6.81. The highest BCUT2D eigenvalue weighted by atomic mass is 16.7. The number of rotatable bonds is 10. The van der Waals surface area contributed by atoms with Crippen LogP contribution < -0.4 is 25.3 Å². The van der Waals surface area contributed by atoms with Crippen LogP contribution in [-0.2, 0) is 9.53 Å². The average molecular weight is 444 g/mol. The summed E-state index contributed by atoms with van der Waals surface area (Å²) in [6, 6.07) is 11.4. The van der Waals surface area contributed by atoms with E-state index in [1.807, 2.05) is 24.3 Å². The summed E-state index contributed by atoms with van der Waals surface area (Å²) in [6.45, 7) is 1.37. The van der Waals surface area contributed by atoms with E-state index < -0.39 is 24.2 Å². The van der Waals surface area contributed by atoms with E-state index in [1.165, 1.54) is 6.92 Å². The third-order valence-corrected chi connectivity index (χ3v) is 4.37. The van der Waals surface area contributed by atoms with Gasteiger partial charge in [-0.2, -0.15) is 0 Å². The first kappa shape index (κ1) is 24.7. The molecule has 0 radical (unpaired) electrons. The molecule has 2 unspecified atom stereocenters. The predicted octanol–water partition coefficient (Wildman–Crippen LogP) is 2.21. The Morgan fingerprint density at radius 2 is 1.59 bits per heavy atom. The summed E-state index contributed by atoms with van der Waals surface area (Å²) in [5, 5.41) is 11.7. The predicted molar refractivity (Wildman–Crippen MR) is 120 cm³/mol. The number of methoxy groups -OCH3 is 2. The maximum atomic E-state index is 11.8. The molecule has 0 bridgehead atoms. The SMILES string of the molecule is COc1cc(C=Cc2ccc(OC(=O)OCCNC(=O)C(N)C(C)O)cc2)cc(OC)c1. The summed E-state index contributed by atoms with van der Waals surface area (Å²) < 4.78 is 20.5. The van der Waals surface area contributed by atoms with Crippen LogP contribution in [0, 0.1) is 0 Å². The first-order valence-corrected chi connectivity index (χ1v) is 9.89. The van der Waals surface area contributed by atoms with Crippen molar-refractivity contribution < 1.29 is 33.6 Å². The fourth-order valence-electron chi connectivity index (χ4n) is 2.54. The maximum absolute atomic E-state index is 11.8. The van der Waals surface area contributed by atoms with Crippen molar-refractivity contribution in [2.45, 2.75) is 19.1 Å². The Kier molecular flexibility index (Phi) is 9.52. The third-order valence-electron chi connectivity index (χ3n) is 4.37. The molecular formula is C23H28N2O7. The van der Waals surface area contributed by atoms with Crippen LogP contribution >= 0.6 is 0 Å². The fraction of sp³-hybridized carbons (Fsp3) is 0.304. The van der Waals surface area contributed by atoms with E-state index >= 15 is 0 Å². The lowest BCUT2D eigenvalue weighted by atomic mass is 10.1. The minimum absolute atomic E-state index is 0.0488. The highest BCUT2D eigenvalue weighted by Crippen LogP contribution is 2.24. The number of hydrogen-bond donors (Lipinski definition) is 3. The minimum atomic E-state index is -1.04. The van der Waals surface area contributed by atoms with Crippen molar-refractivity contribution in [2.75, 3.05) is 27.4 Å². The Balaban J connectivity index is 1.82. The van der Waals surface area contributed by atoms with Crippen LogP contribution in [0.25, 0.3) is 12.2 Å². The number of aliphatic hydroxyl groups is 1. The van der Waals surface area contributed by atoms with Gasteiger partial charge in [0.2, 0.25) is 5.91 Å². The number of nitrogens with one attached hydrogen (secondary N) is 1. The van der Waals surface area contributed by atoms with Crippen molar-refractivity contribution in [3.63, 3.8) is 0 Å². The molecule has 0 aromatic heterocycles. The number of hydrogen-bond acceptors (Lipinski definition) is 8. The van der Waals surface area contributed by atoms with E-state index in [-0.39, 0.29) is 13.2 Å². The second-order valence-corrected chi connectivity index (χ2v) is 6.81. The molecule has 0 heterocycles. The number of aliphatic hydroxyl groups excluding tert-OH is 1. The van der Waals surface area contributed by atoms with E-state index in [2.05, 4.69) is 5.32 Å². The van der Waals surface area contributed by atoms with Gasteiger partial charge in [0.15, 0.2) is 0 Å². The Morgan fingerprint density at radius 3 is 2.16 bits per heavy atom. The summed E-state index contributed by atoms with van der Waals surface area (Å²) >= 11 is 0. The maximum Gasteiger partial charge on any atom is 0.513 e. The largest absolute Gasteiger partial charge is 0.513 e. The summed E-state index contributed by atoms with van der Waals surface area (Å²) in [5.41, 5.74) is 7.29. The average Bonchev–Trinajstić information content (AvgIpc) is 2.80. The number of ether oxygens (including phenoxy) is 4. The van der Waals surface area contributed by atoms with Crippen LogP contribution in [0.1, 0.15) is 18.1 Å². The Morgan fingerprint density at radius 1 is 1.00 bits per heavy atom. The van der Waals surface area contributed by atoms with Gasteiger partial charge in [-0.3, -0.25) is 4.79 Å². The zero-order valence-electron chi connectivity index (χ0n) is 18.2. The Bertz CT molecular complexity index is 904. The molecule has 1 amide bonds. The fourth-order valence-corrected chi connectivity index (χ4v) is 2.54. The van der Waals surface area contributed by atoms with Crippen molar-refractivity contribution in [2.24, 2.45) is 5.73 Å². The summed E-state index contributed by atoms with van der Waals surface area (Å²) in [6.07, 6.45) is 1.94. The number of nitrogens with two attached hydrogens (primary N) is 1. The third kappa shape index (κ3) is 7.93. The van der Waals surface area contributed by atoms with Crippen molar-refractivity contribution in [3.05, 3.63) is 53.6 Å². The van der Waals surface area contributed by atoms with Crippen molar-refractivity contribution in [1.29, 1.82) is 0 Å². The number of carbonyl (C=O) groups is 2. The van der Waals surface area contributed by atoms with Crippen molar-refractivity contribution in [3.8, 4) is 17.2 Å². The highest BCUT2D eigenvalue weighted by molar-refractivity contribution is 5.82. The van der Waals surface area contributed by atoms with Gasteiger partial charge in [-0.05, 0) is 42.3 Å². The molecule has 0 saturated carbocycles. The number of benzene rings is 2. The molecule has 4 N–H and O–H groups in total. The lowest BCUT2D eigenvalue weighted by Gasteiger charge is -2.14. The molecule has 0 aliphatic rings. The monoisotopic (exact) mass is 444 g/mol. The van der Waals surface area contributed by atoms with Crippen molar-refractivity contribution in [1.82, 2.24) is 5.32 Å². The van der Waals surface area contributed by atoms with Gasteiger partial charge in [0.05, 0.1) is 26.9 Å². The zero-order chi connectivity index (χ0) is 23.5. The summed E-state index contributed by atoms with van der Waals surface area (Å²) in [7, 11) is 3.18. The molecule has 0 aliphatic carbocycles. The molecule has 0 saturated heterocycles. The van der Waals surface area contributed by atoms with E-state index in [4.69, 9.17) is 24.7 Å². The zero-order valence-corrected chi connectivity index (χ0v) is 18.2. The molecule has 0 spiro atoms. The van der Waals surface area contributed by atoms with Gasteiger partial charge in [-0.15, -0.1) is 0 Å². The van der Waals surface area contributed by atoms with E-state index in [0.717, 1.165) is 11.1 Å². The molecule has 32 heavy (non-hydrogen) atoms. The first-order chi connectivity index (χ1) is 15.3. The number of carbonyl (C=O) groups excluding carboxylic acids is 2. The van der Waals surface area contributed by atoms with E-state index in [9.17, 15) is 14.7 Å². The molecule has 0 aliphatic heterocycles. The lowest BCUT2D eigenvalue weighted by molar-refractivity contribution is -0.124. The van der Waals surface area contributed by atoms with Gasteiger partial charge >= 0.3 is 6.16 Å². The molecule has 9 nitrogen and oxygen atoms in total. The van der Waals surface area contributed by atoms with Gasteiger partial charge < -0.3 is 35.1 Å². The van der Waals surface area contributed by atoms with Gasteiger partial charge in [0.25, 0.3) is 0 Å². The van der Waals surface area contributed by atoms with Crippen LogP contribution in [0.5, 0.6) is 17.2 Å². The first-order valence-electron chi connectivity index (χ1n) is 9.89. The molecule has 172 valence electrons. The van der Waals surface area contributed by atoms with Gasteiger partial charge in [-0.1, -0.05) is 24.3 Å². The van der Waals surface area contributed by atoms with Crippen LogP contribution in [-0.4, -0.2) is 56.7 Å². The molecule has 2 rings (SSSR count). The quantitative estimate of drug-likeness (QED) is 0.220. The van der Waals surface area contributed by atoms with Crippen LogP contribution in [0.15, 0.2) is 42.5 Å². The Hall–Kier alpha value is -3.56. The van der Waals surface area contributed by atoms with Crippen LogP contribution in [0.4, 0.5) is 4.79 Å². The molecule has 2 aromatic carbocycles. The highest BCUT2D eigenvalue weighted by Gasteiger charge is 2.18. The second kappa shape index (κ2) is 12.3. The van der Waals surface area contributed by atoms with E-state index in [1.54, 1.807) is 44.6 Å². The normalized spacial score (nSPS) is 12.7. The van der Waals surface area contributed by atoms with Gasteiger partial charge in [0, 0.05) is 6.07 Å². The van der Waals surface area contributed by atoms with Crippen molar-refractivity contribution >= 4 is 24.2 Å². The van der Waals surface area contributed by atoms with Gasteiger partial charge in [-0.25, -0.2) is 4.79 Å². The minimum Gasteiger partial charge on any atom is -0.497 e. The molecule has 9 heteroatoms. The van der Waals surface area contributed by atoms with Crippen LogP contribution in [0.3, 0.4) is 0 Å². The molecular weight excluding hydrogens is 416 g/mol. The molecule has 2 aromatic rings. The summed E-state index contributed by atoms with van der Waals surface area (Å²) in [4.78, 5) is 23.3. The Labute approximate surface area is 186 Å². The standard InChI is InChI=1S/C23H28N2O7/c1-15(26)21(24)22(27)25-10-11-31-23(28)32-18-8-6-16(7-9-18)4-5-17-12-19(29-2)14-20(13-17)30-3/h4-9,12-15,21,26H,10-11,24H2,1-3H3,(H,25,27). The number of amides is 1.